The molecule has 142 valence electrons. The summed E-state index contributed by atoms with van der Waals surface area (Å²) in [5.41, 5.74) is 2.53. The van der Waals surface area contributed by atoms with Crippen LogP contribution in [0.25, 0.3) is 0 Å². The topological polar surface area (TPSA) is 75.6 Å². The molecular formula is C23H21NO4. The summed E-state index contributed by atoms with van der Waals surface area (Å²) in [6.45, 7) is 1.85. The molecule has 5 nitrogen and oxygen atoms in total. The standard InChI is InChI=1S/C23H21NO4/c1-15(22(26)17-7-13-21(28-2)14-8-17)16-3-5-18(6-4-16)23(27)24-19-9-11-20(25)12-10-19/h3-15,25H,1-2H3,(H,24,27). The first kappa shape index (κ1) is 19.2. The number of phenolic OH excluding ortho intramolecular Hbond substituents is 1. The first-order chi connectivity index (χ1) is 13.5. The molecule has 0 fully saturated rings. The Morgan fingerprint density at radius 1 is 0.857 bits per heavy atom. The number of methoxy groups -OCH3 is 1. The predicted molar refractivity (Wildman–Crippen MR) is 108 cm³/mol. The van der Waals surface area contributed by atoms with Gasteiger partial charge in [-0.3, -0.25) is 9.59 Å². The Hall–Kier alpha value is -3.60. The van der Waals surface area contributed by atoms with Crippen LogP contribution in [0.1, 0.15) is 39.1 Å². The third-order valence-corrected chi connectivity index (χ3v) is 4.57. The SMILES string of the molecule is COc1ccc(C(=O)C(C)c2ccc(C(=O)Nc3ccc(O)cc3)cc2)cc1. The van der Waals surface area contributed by atoms with Crippen molar-refractivity contribution in [3.8, 4) is 11.5 Å². The number of aromatic hydroxyl groups is 1. The second-order valence-corrected chi connectivity index (χ2v) is 6.44. The molecule has 5 heteroatoms. The van der Waals surface area contributed by atoms with Crippen LogP contribution in [-0.2, 0) is 0 Å². The van der Waals surface area contributed by atoms with Crippen molar-refractivity contribution in [1.29, 1.82) is 0 Å². The minimum Gasteiger partial charge on any atom is -0.508 e. The number of ketones is 1. The Morgan fingerprint density at radius 2 is 1.43 bits per heavy atom. The highest BCUT2D eigenvalue weighted by molar-refractivity contribution is 6.04. The van der Waals surface area contributed by atoms with Gasteiger partial charge in [0.05, 0.1) is 7.11 Å². The summed E-state index contributed by atoms with van der Waals surface area (Å²) in [5.74, 6) is 0.254. The van der Waals surface area contributed by atoms with Crippen LogP contribution >= 0.6 is 0 Å². The van der Waals surface area contributed by atoms with E-state index in [0.29, 0.717) is 22.6 Å². The summed E-state index contributed by atoms with van der Waals surface area (Å²) in [7, 11) is 1.58. The third kappa shape index (κ3) is 4.38. The number of nitrogens with one attached hydrogen (secondary N) is 1. The van der Waals surface area contributed by atoms with E-state index in [1.807, 2.05) is 6.92 Å². The van der Waals surface area contributed by atoms with E-state index in [-0.39, 0.29) is 23.4 Å². The average molecular weight is 375 g/mol. The number of amides is 1. The molecule has 3 aromatic rings. The van der Waals surface area contributed by atoms with Crippen LogP contribution in [-0.4, -0.2) is 23.9 Å². The molecular weight excluding hydrogens is 354 g/mol. The van der Waals surface area contributed by atoms with Crippen molar-refractivity contribution in [3.63, 3.8) is 0 Å². The molecule has 0 aliphatic rings. The van der Waals surface area contributed by atoms with E-state index in [0.717, 1.165) is 5.56 Å². The van der Waals surface area contributed by atoms with E-state index in [1.54, 1.807) is 67.8 Å². The molecule has 1 atom stereocenters. The van der Waals surface area contributed by atoms with Crippen molar-refractivity contribution in [2.75, 3.05) is 12.4 Å². The zero-order chi connectivity index (χ0) is 20.1. The molecule has 1 unspecified atom stereocenters. The van der Waals surface area contributed by atoms with E-state index >= 15 is 0 Å². The highest BCUT2D eigenvalue weighted by atomic mass is 16.5. The van der Waals surface area contributed by atoms with Crippen LogP contribution in [0.5, 0.6) is 11.5 Å². The second kappa shape index (κ2) is 8.39. The number of ether oxygens (including phenoxy) is 1. The van der Waals surface area contributed by atoms with Gasteiger partial charge < -0.3 is 15.2 Å². The highest BCUT2D eigenvalue weighted by Crippen LogP contribution is 2.23. The van der Waals surface area contributed by atoms with Crippen LogP contribution in [0, 0.1) is 0 Å². The number of rotatable bonds is 6. The Morgan fingerprint density at radius 3 is 2.00 bits per heavy atom. The number of phenols is 1. The molecule has 3 aromatic carbocycles. The summed E-state index contributed by atoms with van der Waals surface area (Å²) in [4.78, 5) is 25.0. The van der Waals surface area contributed by atoms with Gasteiger partial charge in [-0.15, -0.1) is 0 Å². The summed E-state index contributed by atoms with van der Waals surface area (Å²) >= 11 is 0. The van der Waals surface area contributed by atoms with Gasteiger partial charge in [-0.2, -0.15) is 0 Å². The van der Waals surface area contributed by atoms with Gasteiger partial charge in [0.2, 0.25) is 0 Å². The maximum Gasteiger partial charge on any atom is 0.255 e. The van der Waals surface area contributed by atoms with Crippen molar-refractivity contribution in [2.45, 2.75) is 12.8 Å². The number of hydrogen-bond donors (Lipinski definition) is 2. The van der Waals surface area contributed by atoms with Gasteiger partial charge in [-0.05, 0) is 66.2 Å². The maximum absolute atomic E-state index is 12.7. The number of benzene rings is 3. The van der Waals surface area contributed by atoms with E-state index in [4.69, 9.17) is 4.74 Å². The lowest BCUT2D eigenvalue weighted by atomic mass is 9.91. The molecule has 0 bridgehead atoms. The van der Waals surface area contributed by atoms with Gasteiger partial charge in [0.15, 0.2) is 5.78 Å². The quantitative estimate of drug-likeness (QED) is 0.486. The van der Waals surface area contributed by atoms with E-state index in [2.05, 4.69) is 5.32 Å². The number of carbonyl (C=O) groups excluding carboxylic acids is 2. The normalized spacial score (nSPS) is 11.5. The van der Waals surface area contributed by atoms with Gasteiger partial charge in [0.25, 0.3) is 5.91 Å². The van der Waals surface area contributed by atoms with Crippen molar-refractivity contribution < 1.29 is 19.4 Å². The maximum atomic E-state index is 12.7. The largest absolute Gasteiger partial charge is 0.508 e. The second-order valence-electron chi connectivity index (χ2n) is 6.44. The van der Waals surface area contributed by atoms with E-state index in [1.165, 1.54) is 12.1 Å². The number of carbonyl (C=O) groups is 2. The van der Waals surface area contributed by atoms with Crippen molar-refractivity contribution in [2.24, 2.45) is 0 Å². The molecule has 2 N–H and O–H groups in total. The fraction of sp³-hybridized carbons (Fsp3) is 0.130. The van der Waals surface area contributed by atoms with Crippen LogP contribution in [0.15, 0.2) is 72.8 Å². The van der Waals surface area contributed by atoms with Crippen LogP contribution in [0.3, 0.4) is 0 Å². The molecule has 0 saturated heterocycles. The lowest BCUT2D eigenvalue weighted by Gasteiger charge is -2.12. The molecule has 0 heterocycles. The molecule has 0 spiro atoms. The number of anilines is 1. The van der Waals surface area contributed by atoms with E-state index in [9.17, 15) is 14.7 Å². The van der Waals surface area contributed by atoms with Gasteiger partial charge in [0.1, 0.15) is 11.5 Å². The smallest absolute Gasteiger partial charge is 0.255 e. The number of Topliss-reactive ketones (excluding diaryl/α,β-unsaturated/α-hetero) is 1. The third-order valence-electron chi connectivity index (χ3n) is 4.57. The lowest BCUT2D eigenvalue weighted by molar-refractivity contribution is 0.0965. The van der Waals surface area contributed by atoms with Gasteiger partial charge in [-0.1, -0.05) is 19.1 Å². The summed E-state index contributed by atoms with van der Waals surface area (Å²) in [6, 6.07) is 20.2. The van der Waals surface area contributed by atoms with Crippen LogP contribution in [0.4, 0.5) is 5.69 Å². The monoisotopic (exact) mass is 375 g/mol. The highest BCUT2D eigenvalue weighted by Gasteiger charge is 2.18. The molecule has 0 aromatic heterocycles. The average Bonchev–Trinajstić information content (AvgIpc) is 2.74. The molecule has 28 heavy (non-hydrogen) atoms. The molecule has 0 saturated carbocycles. The Bertz CT molecular complexity index is 961. The van der Waals surface area contributed by atoms with Crippen molar-refractivity contribution in [3.05, 3.63) is 89.5 Å². The summed E-state index contributed by atoms with van der Waals surface area (Å²) in [6.07, 6.45) is 0. The van der Waals surface area contributed by atoms with Crippen molar-refractivity contribution in [1.82, 2.24) is 0 Å². The first-order valence-corrected chi connectivity index (χ1v) is 8.86. The van der Waals surface area contributed by atoms with Crippen molar-refractivity contribution >= 4 is 17.4 Å². The fourth-order valence-electron chi connectivity index (χ4n) is 2.83. The Kier molecular flexibility index (Phi) is 5.75. The summed E-state index contributed by atoms with van der Waals surface area (Å²) < 4.78 is 5.12. The zero-order valence-electron chi connectivity index (χ0n) is 15.7. The molecule has 3 rings (SSSR count). The fourth-order valence-corrected chi connectivity index (χ4v) is 2.83. The zero-order valence-corrected chi connectivity index (χ0v) is 15.7. The van der Waals surface area contributed by atoms with Gasteiger partial charge >= 0.3 is 0 Å². The Labute approximate surface area is 163 Å². The van der Waals surface area contributed by atoms with E-state index < -0.39 is 0 Å². The van der Waals surface area contributed by atoms with Crippen LogP contribution < -0.4 is 10.1 Å². The van der Waals surface area contributed by atoms with Crippen LogP contribution in [0.2, 0.25) is 0 Å². The summed E-state index contributed by atoms with van der Waals surface area (Å²) in [5, 5.41) is 12.1. The minimum atomic E-state index is -0.331. The predicted octanol–water partition coefficient (Wildman–Crippen LogP) is 4.64. The first-order valence-electron chi connectivity index (χ1n) is 8.86. The molecule has 1 amide bonds. The molecule has 0 aliphatic heterocycles. The van der Waals surface area contributed by atoms with Gasteiger partial charge in [-0.25, -0.2) is 0 Å². The Balaban J connectivity index is 1.69. The molecule has 0 aliphatic carbocycles. The lowest BCUT2D eigenvalue weighted by Crippen LogP contribution is -2.13. The molecule has 0 radical (unpaired) electrons. The minimum absolute atomic E-state index is 0.00366. The number of hydrogen-bond acceptors (Lipinski definition) is 4. The van der Waals surface area contributed by atoms with Gasteiger partial charge in [0, 0.05) is 22.7 Å².